The van der Waals surface area contributed by atoms with Crippen LogP contribution in [0.1, 0.15) is 33.1 Å². The molecule has 7 unspecified atom stereocenters. The van der Waals surface area contributed by atoms with Crippen molar-refractivity contribution < 1.29 is 5.11 Å². The average molecular weight is 180 g/mol. The Bertz CT molecular complexity index is 225. The molecule has 3 aliphatic carbocycles. The maximum Gasteiger partial charge on any atom is 0.0574 e. The van der Waals surface area contributed by atoms with Gasteiger partial charge in [0.1, 0.15) is 0 Å². The minimum Gasteiger partial charge on any atom is -0.393 e. The molecule has 0 aliphatic heterocycles. The molecule has 74 valence electrons. The fraction of sp³-hybridized carbons (Fsp3) is 1.00. The van der Waals surface area contributed by atoms with Gasteiger partial charge < -0.3 is 5.11 Å². The molecule has 0 aromatic carbocycles. The Kier molecular flexibility index (Phi) is 1.59. The lowest BCUT2D eigenvalue weighted by Crippen LogP contribution is -2.31. The zero-order valence-corrected chi connectivity index (χ0v) is 8.61. The Morgan fingerprint density at radius 1 is 0.923 bits per heavy atom. The van der Waals surface area contributed by atoms with E-state index >= 15 is 0 Å². The molecular weight excluding hydrogens is 160 g/mol. The molecule has 3 aliphatic rings. The zero-order valence-electron chi connectivity index (χ0n) is 8.61. The van der Waals surface area contributed by atoms with Gasteiger partial charge >= 0.3 is 0 Å². The lowest BCUT2D eigenvalue weighted by molar-refractivity contribution is 0.0461. The van der Waals surface area contributed by atoms with Crippen LogP contribution in [-0.2, 0) is 0 Å². The molecule has 3 fully saturated rings. The maximum atomic E-state index is 9.87. The SMILES string of the molecule is CC1CC(C)C2C3CC(CC3O)C12. The molecule has 7 atom stereocenters. The van der Waals surface area contributed by atoms with Gasteiger partial charge in [-0.15, -0.1) is 0 Å². The lowest BCUT2D eigenvalue weighted by Gasteiger charge is -2.32. The Hall–Kier alpha value is -0.0400. The summed E-state index contributed by atoms with van der Waals surface area (Å²) in [6.07, 6.45) is 3.92. The van der Waals surface area contributed by atoms with Gasteiger partial charge in [0.15, 0.2) is 0 Å². The van der Waals surface area contributed by atoms with Crippen molar-refractivity contribution in [3.8, 4) is 0 Å². The fourth-order valence-electron chi connectivity index (χ4n) is 4.96. The van der Waals surface area contributed by atoms with Crippen LogP contribution in [0, 0.1) is 35.5 Å². The number of aliphatic hydroxyl groups is 1. The van der Waals surface area contributed by atoms with Crippen molar-refractivity contribution in [2.45, 2.75) is 39.2 Å². The van der Waals surface area contributed by atoms with Gasteiger partial charge in [-0.2, -0.15) is 0 Å². The van der Waals surface area contributed by atoms with E-state index in [2.05, 4.69) is 13.8 Å². The molecule has 0 spiro atoms. The molecule has 0 heterocycles. The van der Waals surface area contributed by atoms with Crippen molar-refractivity contribution in [3.63, 3.8) is 0 Å². The summed E-state index contributed by atoms with van der Waals surface area (Å²) in [5.74, 6) is 5.22. The van der Waals surface area contributed by atoms with E-state index in [-0.39, 0.29) is 6.10 Å². The highest BCUT2D eigenvalue weighted by atomic mass is 16.3. The van der Waals surface area contributed by atoms with E-state index in [1.165, 1.54) is 12.8 Å². The minimum atomic E-state index is 0.0546. The summed E-state index contributed by atoms with van der Waals surface area (Å²) in [6, 6.07) is 0. The predicted molar refractivity (Wildman–Crippen MR) is 52.1 cm³/mol. The zero-order chi connectivity index (χ0) is 9.16. The van der Waals surface area contributed by atoms with Crippen LogP contribution in [0.15, 0.2) is 0 Å². The molecule has 0 radical (unpaired) electrons. The van der Waals surface area contributed by atoms with Crippen LogP contribution in [0.3, 0.4) is 0 Å². The van der Waals surface area contributed by atoms with Gasteiger partial charge in [0.2, 0.25) is 0 Å². The third kappa shape index (κ3) is 0.918. The van der Waals surface area contributed by atoms with E-state index in [1.54, 1.807) is 0 Å². The lowest BCUT2D eigenvalue weighted by atomic mass is 9.75. The molecule has 0 aromatic heterocycles. The van der Waals surface area contributed by atoms with E-state index in [4.69, 9.17) is 0 Å². The Morgan fingerprint density at radius 2 is 1.62 bits per heavy atom. The molecule has 1 nitrogen and oxygen atoms in total. The monoisotopic (exact) mass is 180 g/mol. The van der Waals surface area contributed by atoms with Crippen LogP contribution in [0.2, 0.25) is 0 Å². The second-order valence-electron chi connectivity index (χ2n) is 5.81. The van der Waals surface area contributed by atoms with Gasteiger partial charge in [0.25, 0.3) is 0 Å². The van der Waals surface area contributed by atoms with Crippen LogP contribution >= 0.6 is 0 Å². The van der Waals surface area contributed by atoms with E-state index in [0.717, 1.165) is 36.0 Å². The smallest absolute Gasteiger partial charge is 0.0574 e. The van der Waals surface area contributed by atoms with E-state index in [0.29, 0.717) is 5.92 Å². The Labute approximate surface area is 80.5 Å². The number of hydrogen-bond acceptors (Lipinski definition) is 1. The molecular formula is C12H20O. The molecule has 0 aromatic rings. The highest BCUT2D eigenvalue weighted by Gasteiger charge is 2.58. The summed E-state index contributed by atoms with van der Waals surface area (Å²) >= 11 is 0. The highest BCUT2D eigenvalue weighted by molar-refractivity contribution is 5.06. The normalized spacial score (nSPS) is 64.4. The van der Waals surface area contributed by atoms with Crippen molar-refractivity contribution >= 4 is 0 Å². The van der Waals surface area contributed by atoms with Gasteiger partial charge in [-0.3, -0.25) is 0 Å². The topological polar surface area (TPSA) is 20.2 Å². The van der Waals surface area contributed by atoms with Gasteiger partial charge in [-0.05, 0) is 54.8 Å². The molecule has 2 bridgehead atoms. The Morgan fingerprint density at radius 3 is 2.38 bits per heavy atom. The largest absolute Gasteiger partial charge is 0.393 e. The summed E-state index contributed by atoms with van der Waals surface area (Å²) in [5.41, 5.74) is 0. The fourth-order valence-corrected chi connectivity index (χ4v) is 4.96. The number of aliphatic hydroxyl groups excluding tert-OH is 1. The molecule has 0 amide bonds. The molecule has 1 heteroatoms. The maximum absolute atomic E-state index is 9.87. The molecule has 0 saturated heterocycles. The summed E-state index contributed by atoms with van der Waals surface area (Å²) in [7, 11) is 0. The van der Waals surface area contributed by atoms with Crippen molar-refractivity contribution in [1.29, 1.82) is 0 Å². The third-order valence-corrected chi connectivity index (χ3v) is 5.15. The predicted octanol–water partition coefficient (Wildman–Crippen LogP) is 2.30. The van der Waals surface area contributed by atoms with Crippen LogP contribution in [0.25, 0.3) is 0 Å². The first-order valence-electron chi connectivity index (χ1n) is 5.86. The first kappa shape index (κ1) is 8.28. The van der Waals surface area contributed by atoms with Crippen molar-refractivity contribution in [3.05, 3.63) is 0 Å². The first-order chi connectivity index (χ1) is 6.18. The third-order valence-electron chi connectivity index (χ3n) is 5.15. The van der Waals surface area contributed by atoms with Crippen molar-refractivity contribution in [2.24, 2.45) is 35.5 Å². The van der Waals surface area contributed by atoms with Gasteiger partial charge in [0.05, 0.1) is 6.10 Å². The molecule has 3 saturated carbocycles. The van der Waals surface area contributed by atoms with E-state index < -0.39 is 0 Å². The van der Waals surface area contributed by atoms with Gasteiger partial charge in [-0.1, -0.05) is 13.8 Å². The average Bonchev–Trinajstić information content (AvgIpc) is 2.64. The molecule has 3 rings (SSSR count). The standard InChI is InChI=1S/C12H20O/c1-6-3-7(2)12-9-4-8(11(6)12)5-10(9)13/h6-13H,3-5H2,1-2H3. The molecule has 1 N–H and O–H groups in total. The van der Waals surface area contributed by atoms with E-state index in [9.17, 15) is 5.11 Å². The van der Waals surface area contributed by atoms with Crippen LogP contribution < -0.4 is 0 Å². The second-order valence-corrected chi connectivity index (χ2v) is 5.81. The summed E-state index contributed by atoms with van der Waals surface area (Å²) < 4.78 is 0. The number of rotatable bonds is 0. The quantitative estimate of drug-likeness (QED) is 0.606. The van der Waals surface area contributed by atoms with Crippen molar-refractivity contribution in [1.82, 2.24) is 0 Å². The second kappa shape index (κ2) is 2.50. The number of hydrogen-bond donors (Lipinski definition) is 1. The van der Waals surface area contributed by atoms with Crippen LogP contribution in [0.5, 0.6) is 0 Å². The first-order valence-corrected chi connectivity index (χ1v) is 5.86. The summed E-state index contributed by atoms with van der Waals surface area (Å²) in [6.45, 7) is 4.82. The van der Waals surface area contributed by atoms with Crippen LogP contribution in [0.4, 0.5) is 0 Å². The highest BCUT2D eigenvalue weighted by Crippen LogP contribution is 2.62. The summed E-state index contributed by atoms with van der Waals surface area (Å²) in [5, 5.41) is 9.87. The van der Waals surface area contributed by atoms with E-state index in [1.807, 2.05) is 0 Å². The minimum absolute atomic E-state index is 0.0546. The summed E-state index contributed by atoms with van der Waals surface area (Å²) in [4.78, 5) is 0. The number of fused-ring (bicyclic) bond motifs is 5. The van der Waals surface area contributed by atoms with Gasteiger partial charge in [0, 0.05) is 0 Å². The Balaban J connectivity index is 1.92. The van der Waals surface area contributed by atoms with Gasteiger partial charge in [-0.25, -0.2) is 0 Å². The van der Waals surface area contributed by atoms with Crippen LogP contribution in [-0.4, -0.2) is 11.2 Å². The molecule has 13 heavy (non-hydrogen) atoms. The van der Waals surface area contributed by atoms with Crippen molar-refractivity contribution in [2.75, 3.05) is 0 Å².